The van der Waals surface area contributed by atoms with Crippen LogP contribution in [0, 0.1) is 0 Å². The van der Waals surface area contributed by atoms with Crippen molar-refractivity contribution in [3.05, 3.63) is 35.6 Å². The molecular weight excluding hydrogens is 228 g/mol. The second kappa shape index (κ2) is 6.00. The summed E-state index contributed by atoms with van der Waals surface area (Å²) in [4.78, 5) is 2.21. The fourth-order valence-corrected chi connectivity index (χ4v) is 2.08. The number of likely N-dealkylation sites (N-methyl/N-ethyl adjacent to an activating group) is 1. The first kappa shape index (κ1) is 13.1. The Hall–Kier alpha value is -1.36. The van der Waals surface area contributed by atoms with Gasteiger partial charge in [0.15, 0.2) is 0 Å². The molecule has 2 N–H and O–H groups in total. The number of fused-ring (bicyclic) bond motifs is 1. The summed E-state index contributed by atoms with van der Waals surface area (Å²) in [6.07, 6.45) is 0. The van der Waals surface area contributed by atoms with Crippen LogP contribution in [0.5, 0.6) is 0 Å². The van der Waals surface area contributed by atoms with Gasteiger partial charge in [0.1, 0.15) is 11.3 Å². The van der Waals surface area contributed by atoms with Crippen LogP contribution < -0.4 is 5.73 Å². The SMILES string of the molecule is COCCN(C)Cc1c(CN)oc2ccccc12. The molecular formula is C14H20N2O2. The molecule has 1 aromatic carbocycles. The molecule has 0 fully saturated rings. The Morgan fingerprint density at radius 2 is 2.11 bits per heavy atom. The van der Waals surface area contributed by atoms with E-state index in [2.05, 4.69) is 18.0 Å². The molecule has 0 aliphatic heterocycles. The molecule has 1 aromatic heterocycles. The predicted octanol–water partition coefficient (Wildman–Crippen LogP) is 1.97. The molecule has 18 heavy (non-hydrogen) atoms. The molecule has 2 aromatic rings. The van der Waals surface area contributed by atoms with E-state index in [1.165, 1.54) is 5.56 Å². The van der Waals surface area contributed by atoms with Crippen LogP contribution in [-0.2, 0) is 17.8 Å². The van der Waals surface area contributed by atoms with Crippen molar-refractivity contribution in [2.24, 2.45) is 5.73 Å². The lowest BCUT2D eigenvalue weighted by Crippen LogP contribution is -2.22. The molecule has 0 radical (unpaired) electrons. The number of nitrogens with two attached hydrogens (primary N) is 1. The number of ether oxygens (including phenoxy) is 1. The van der Waals surface area contributed by atoms with Crippen molar-refractivity contribution < 1.29 is 9.15 Å². The molecule has 2 rings (SSSR count). The molecule has 0 saturated heterocycles. The van der Waals surface area contributed by atoms with E-state index in [4.69, 9.17) is 14.9 Å². The smallest absolute Gasteiger partial charge is 0.134 e. The first-order chi connectivity index (χ1) is 8.76. The summed E-state index contributed by atoms with van der Waals surface area (Å²) in [5, 5.41) is 1.15. The minimum atomic E-state index is 0.433. The monoisotopic (exact) mass is 248 g/mol. The van der Waals surface area contributed by atoms with Crippen LogP contribution in [0.1, 0.15) is 11.3 Å². The van der Waals surface area contributed by atoms with Crippen LogP contribution in [0.25, 0.3) is 11.0 Å². The highest BCUT2D eigenvalue weighted by atomic mass is 16.5. The van der Waals surface area contributed by atoms with Gasteiger partial charge in [-0.3, -0.25) is 4.90 Å². The average molecular weight is 248 g/mol. The number of rotatable bonds is 6. The lowest BCUT2D eigenvalue weighted by Gasteiger charge is -2.15. The number of nitrogens with zero attached hydrogens (tertiary/aromatic N) is 1. The van der Waals surface area contributed by atoms with Gasteiger partial charge in [0.2, 0.25) is 0 Å². The second-order valence-corrected chi connectivity index (χ2v) is 4.43. The Morgan fingerprint density at radius 1 is 1.33 bits per heavy atom. The first-order valence-electron chi connectivity index (χ1n) is 6.13. The summed E-state index contributed by atoms with van der Waals surface area (Å²) in [5.41, 5.74) is 7.85. The zero-order chi connectivity index (χ0) is 13.0. The maximum Gasteiger partial charge on any atom is 0.134 e. The molecule has 0 unspecified atom stereocenters. The van der Waals surface area contributed by atoms with Gasteiger partial charge in [-0.1, -0.05) is 18.2 Å². The fraction of sp³-hybridized carbons (Fsp3) is 0.429. The van der Waals surface area contributed by atoms with E-state index in [0.717, 1.165) is 36.4 Å². The van der Waals surface area contributed by atoms with Gasteiger partial charge in [-0.25, -0.2) is 0 Å². The highest BCUT2D eigenvalue weighted by molar-refractivity contribution is 5.82. The first-order valence-corrected chi connectivity index (χ1v) is 6.13. The third-order valence-electron chi connectivity index (χ3n) is 3.07. The number of hydrogen-bond acceptors (Lipinski definition) is 4. The maximum atomic E-state index is 5.77. The summed E-state index contributed by atoms with van der Waals surface area (Å²) in [7, 11) is 3.79. The number of furan rings is 1. The van der Waals surface area contributed by atoms with Crippen molar-refractivity contribution in [1.82, 2.24) is 4.90 Å². The van der Waals surface area contributed by atoms with Gasteiger partial charge in [0, 0.05) is 31.1 Å². The Bertz CT molecular complexity index is 507. The number of para-hydroxylation sites is 1. The molecule has 0 spiro atoms. The quantitative estimate of drug-likeness (QED) is 0.849. The van der Waals surface area contributed by atoms with E-state index < -0.39 is 0 Å². The van der Waals surface area contributed by atoms with Crippen LogP contribution >= 0.6 is 0 Å². The van der Waals surface area contributed by atoms with Crippen molar-refractivity contribution >= 4 is 11.0 Å². The van der Waals surface area contributed by atoms with Crippen LogP contribution in [0.3, 0.4) is 0 Å². The molecule has 0 atom stereocenters. The molecule has 4 nitrogen and oxygen atoms in total. The Kier molecular flexibility index (Phi) is 4.36. The van der Waals surface area contributed by atoms with Gasteiger partial charge in [-0.15, -0.1) is 0 Å². The topological polar surface area (TPSA) is 51.6 Å². The Labute approximate surface area is 107 Å². The summed E-state index contributed by atoms with van der Waals surface area (Å²) in [6, 6.07) is 8.06. The van der Waals surface area contributed by atoms with E-state index in [0.29, 0.717) is 6.54 Å². The summed E-state index contributed by atoms with van der Waals surface area (Å²) >= 11 is 0. The molecule has 0 aliphatic carbocycles. The number of benzene rings is 1. The average Bonchev–Trinajstić information content (AvgIpc) is 2.75. The van der Waals surface area contributed by atoms with Crippen molar-refractivity contribution in [2.45, 2.75) is 13.1 Å². The largest absolute Gasteiger partial charge is 0.459 e. The minimum absolute atomic E-state index is 0.433. The highest BCUT2D eigenvalue weighted by Crippen LogP contribution is 2.26. The molecule has 0 aliphatic rings. The fourth-order valence-electron chi connectivity index (χ4n) is 2.08. The molecule has 0 saturated carbocycles. The van der Waals surface area contributed by atoms with Crippen molar-refractivity contribution in [1.29, 1.82) is 0 Å². The maximum absolute atomic E-state index is 5.77. The molecule has 98 valence electrons. The normalized spacial score (nSPS) is 11.6. The van der Waals surface area contributed by atoms with Gasteiger partial charge in [0.25, 0.3) is 0 Å². The van der Waals surface area contributed by atoms with Crippen molar-refractivity contribution in [3.63, 3.8) is 0 Å². The number of hydrogen-bond donors (Lipinski definition) is 1. The molecule has 0 amide bonds. The lowest BCUT2D eigenvalue weighted by molar-refractivity contribution is 0.158. The van der Waals surface area contributed by atoms with Gasteiger partial charge in [-0.05, 0) is 13.1 Å². The lowest BCUT2D eigenvalue weighted by atomic mass is 10.1. The Balaban J connectivity index is 2.25. The van der Waals surface area contributed by atoms with E-state index in [9.17, 15) is 0 Å². The van der Waals surface area contributed by atoms with E-state index in [1.54, 1.807) is 7.11 Å². The van der Waals surface area contributed by atoms with E-state index in [-0.39, 0.29) is 0 Å². The second-order valence-electron chi connectivity index (χ2n) is 4.43. The number of methoxy groups -OCH3 is 1. The van der Waals surface area contributed by atoms with E-state index in [1.807, 2.05) is 18.2 Å². The van der Waals surface area contributed by atoms with Gasteiger partial charge in [0.05, 0.1) is 13.2 Å². The molecule has 4 heteroatoms. The summed E-state index contributed by atoms with van der Waals surface area (Å²) < 4.78 is 10.9. The van der Waals surface area contributed by atoms with Gasteiger partial charge >= 0.3 is 0 Å². The summed E-state index contributed by atoms with van der Waals surface area (Å²) in [6.45, 7) is 2.87. The van der Waals surface area contributed by atoms with Crippen LogP contribution in [0.15, 0.2) is 28.7 Å². The molecule has 0 bridgehead atoms. The van der Waals surface area contributed by atoms with Gasteiger partial charge < -0.3 is 14.9 Å². The zero-order valence-electron chi connectivity index (χ0n) is 11.0. The van der Waals surface area contributed by atoms with Crippen LogP contribution in [0.4, 0.5) is 0 Å². The van der Waals surface area contributed by atoms with Gasteiger partial charge in [-0.2, -0.15) is 0 Å². The Morgan fingerprint density at radius 3 is 2.83 bits per heavy atom. The minimum Gasteiger partial charge on any atom is -0.459 e. The van der Waals surface area contributed by atoms with E-state index >= 15 is 0 Å². The van der Waals surface area contributed by atoms with Crippen LogP contribution in [0.2, 0.25) is 0 Å². The third kappa shape index (κ3) is 2.72. The van der Waals surface area contributed by atoms with Crippen molar-refractivity contribution in [3.8, 4) is 0 Å². The summed E-state index contributed by atoms with van der Waals surface area (Å²) in [5.74, 6) is 0.875. The van der Waals surface area contributed by atoms with Crippen LogP contribution in [-0.4, -0.2) is 32.2 Å². The molecule has 1 heterocycles. The highest BCUT2D eigenvalue weighted by Gasteiger charge is 2.14. The van der Waals surface area contributed by atoms with Crippen molar-refractivity contribution in [2.75, 3.05) is 27.3 Å². The standard InChI is InChI=1S/C14H20N2O2/c1-16(7-8-17-2)10-12-11-5-3-4-6-13(11)18-14(12)9-15/h3-6H,7-10,15H2,1-2H3. The third-order valence-corrected chi connectivity index (χ3v) is 3.07. The predicted molar refractivity (Wildman–Crippen MR) is 72.3 cm³/mol. The zero-order valence-corrected chi connectivity index (χ0v) is 11.0.